The Morgan fingerprint density at radius 1 is 0.842 bits per heavy atom. The van der Waals surface area contributed by atoms with Crippen molar-refractivity contribution in [1.82, 2.24) is 0 Å². The van der Waals surface area contributed by atoms with E-state index in [1.54, 1.807) is 6.07 Å². The SMILES string of the molecule is COc1ccc(-c2c(F)cc(F)cc2F)c(OC)c1. The van der Waals surface area contributed by atoms with Gasteiger partial charge in [0.1, 0.15) is 29.0 Å². The zero-order valence-corrected chi connectivity index (χ0v) is 10.3. The molecule has 0 aliphatic rings. The van der Waals surface area contributed by atoms with Crippen LogP contribution in [0.5, 0.6) is 11.5 Å². The first-order valence-corrected chi connectivity index (χ1v) is 5.43. The van der Waals surface area contributed by atoms with Gasteiger partial charge in [0.2, 0.25) is 0 Å². The number of rotatable bonds is 3. The van der Waals surface area contributed by atoms with Gasteiger partial charge in [-0.25, -0.2) is 13.2 Å². The van der Waals surface area contributed by atoms with Crippen molar-refractivity contribution in [3.63, 3.8) is 0 Å². The first-order valence-electron chi connectivity index (χ1n) is 5.43. The summed E-state index contributed by atoms with van der Waals surface area (Å²) in [5.74, 6) is -2.21. The summed E-state index contributed by atoms with van der Waals surface area (Å²) < 4.78 is 50.4. The molecular weight excluding hydrogens is 257 g/mol. The van der Waals surface area contributed by atoms with Crippen LogP contribution in [0, 0.1) is 17.5 Å². The quantitative estimate of drug-likeness (QED) is 0.843. The molecule has 0 bridgehead atoms. The molecule has 0 saturated carbocycles. The van der Waals surface area contributed by atoms with Gasteiger partial charge in [-0.05, 0) is 12.1 Å². The molecule has 0 aliphatic carbocycles. The second-order valence-corrected chi connectivity index (χ2v) is 3.81. The van der Waals surface area contributed by atoms with Crippen molar-refractivity contribution in [3.05, 3.63) is 47.8 Å². The van der Waals surface area contributed by atoms with Crippen LogP contribution in [0.4, 0.5) is 13.2 Å². The maximum absolute atomic E-state index is 13.7. The van der Waals surface area contributed by atoms with Crippen LogP contribution < -0.4 is 9.47 Å². The van der Waals surface area contributed by atoms with Crippen LogP contribution in [0.15, 0.2) is 30.3 Å². The van der Waals surface area contributed by atoms with Gasteiger partial charge >= 0.3 is 0 Å². The molecule has 2 rings (SSSR count). The number of benzene rings is 2. The molecule has 0 radical (unpaired) electrons. The van der Waals surface area contributed by atoms with E-state index in [1.807, 2.05) is 0 Å². The zero-order valence-electron chi connectivity index (χ0n) is 10.3. The lowest BCUT2D eigenvalue weighted by molar-refractivity contribution is 0.395. The van der Waals surface area contributed by atoms with Crippen LogP contribution in [-0.2, 0) is 0 Å². The fourth-order valence-corrected chi connectivity index (χ4v) is 1.80. The van der Waals surface area contributed by atoms with E-state index in [1.165, 1.54) is 26.4 Å². The fraction of sp³-hybridized carbons (Fsp3) is 0.143. The van der Waals surface area contributed by atoms with Crippen molar-refractivity contribution in [2.75, 3.05) is 14.2 Å². The summed E-state index contributed by atoms with van der Waals surface area (Å²) in [6.07, 6.45) is 0. The highest BCUT2D eigenvalue weighted by Gasteiger charge is 2.17. The number of methoxy groups -OCH3 is 2. The molecule has 0 aromatic heterocycles. The average molecular weight is 268 g/mol. The molecule has 5 heteroatoms. The van der Waals surface area contributed by atoms with Gasteiger partial charge in [0.15, 0.2) is 0 Å². The second kappa shape index (κ2) is 5.22. The lowest BCUT2D eigenvalue weighted by Crippen LogP contribution is -1.96. The summed E-state index contributed by atoms with van der Waals surface area (Å²) in [5.41, 5.74) is -0.140. The average Bonchev–Trinajstić information content (AvgIpc) is 2.37. The molecule has 0 amide bonds. The van der Waals surface area contributed by atoms with Gasteiger partial charge in [0, 0.05) is 23.8 Å². The molecule has 2 aromatic rings. The second-order valence-electron chi connectivity index (χ2n) is 3.81. The van der Waals surface area contributed by atoms with Crippen LogP contribution >= 0.6 is 0 Å². The first-order chi connectivity index (χ1) is 9.06. The molecule has 0 unspecified atom stereocenters. The Labute approximate surface area is 108 Å². The summed E-state index contributed by atoms with van der Waals surface area (Å²) >= 11 is 0. The smallest absolute Gasteiger partial charge is 0.137 e. The normalized spacial score (nSPS) is 10.4. The summed E-state index contributed by atoms with van der Waals surface area (Å²) in [6, 6.07) is 5.75. The molecule has 0 fully saturated rings. The van der Waals surface area contributed by atoms with Crippen molar-refractivity contribution < 1.29 is 22.6 Å². The van der Waals surface area contributed by atoms with Crippen LogP contribution in [0.1, 0.15) is 0 Å². The number of hydrogen-bond donors (Lipinski definition) is 0. The van der Waals surface area contributed by atoms with E-state index in [4.69, 9.17) is 9.47 Å². The molecule has 100 valence electrons. The van der Waals surface area contributed by atoms with Crippen LogP contribution in [0.3, 0.4) is 0 Å². The minimum atomic E-state index is -0.985. The van der Waals surface area contributed by atoms with Crippen LogP contribution in [-0.4, -0.2) is 14.2 Å². The number of halogens is 3. The standard InChI is InChI=1S/C14H11F3O2/c1-18-9-3-4-10(13(7-9)19-2)14-11(16)5-8(15)6-12(14)17/h3-7H,1-2H3. The third kappa shape index (κ3) is 2.50. The van der Waals surface area contributed by atoms with E-state index >= 15 is 0 Å². The van der Waals surface area contributed by atoms with Gasteiger partial charge in [-0.1, -0.05) is 0 Å². The minimum absolute atomic E-state index is 0.193. The molecule has 0 saturated heterocycles. The van der Waals surface area contributed by atoms with E-state index in [0.717, 1.165) is 0 Å². The summed E-state index contributed by atoms with van der Waals surface area (Å²) in [7, 11) is 2.84. The van der Waals surface area contributed by atoms with E-state index in [-0.39, 0.29) is 16.9 Å². The molecule has 0 heterocycles. The minimum Gasteiger partial charge on any atom is -0.497 e. The van der Waals surface area contributed by atoms with Gasteiger partial charge in [0.05, 0.1) is 19.8 Å². The van der Waals surface area contributed by atoms with Crippen molar-refractivity contribution >= 4 is 0 Å². The van der Waals surface area contributed by atoms with Gasteiger partial charge < -0.3 is 9.47 Å². The Hall–Kier alpha value is -2.17. The Balaban J connectivity index is 2.65. The van der Waals surface area contributed by atoms with Gasteiger partial charge in [0.25, 0.3) is 0 Å². The predicted octanol–water partition coefficient (Wildman–Crippen LogP) is 3.79. The Kier molecular flexibility index (Phi) is 3.64. The molecule has 0 aliphatic heterocycles. The maximum atomic E-state index is 13.7. The van der Waals surface area contributed by atoms with E-state index in [0.29, 0.717) is 17.9 Å². The molecule has 0 atom stereocenters. The highest BCUT2D eigenvalue weighted by Crippen LogP contribution is 2.36. The molecule has 0 spiro atoms. The third-order valence-electron chi connectivity index (χ3n) is 2.68. The fourth-order valence-electron chi connectivity index (χ4n) is 1.80. The van der Waals surface area contributed by atoms with Gasteiger partial charge in [-0.2, -0.15) is 0 Å². The van der Waals surface area contributed by atoms with Crippen molar-refractivity contribution in [3.8, 4) is 22.6 Å². The lowest BCUT2D eigenvalue weighted by atomic mass is 10.0. The Morgan fingerprint density at radius 3 is 2.00 bits per heavy atom. The summed E-state index contributed by atoms with van der Waals surface area (Å²) in [4.78, 5) is 0. The number of ether oxygens (including phenoxy) is 2. The molecule has 2 nitrogen and oxygen atoms in total. The Morgan fingerprint density at radius 2 is 1.47 bits per heavy atom. The van der Waals surface area contributed by atoms with Gasteiger partial charge in [-0.15, -0.1) is 0 Å². The lowest BCUT2D eigenvalue weighted by Gasteiger charge is -2.12. The zero-order chi connectivity index (χ0) is 14.0. The van der Waals surface area contributed by atoms with Crippen molar-refractivity contribution in [1.29, 1.82) is 0 Å². The monoisotopic (exact) mass is 268 g/mol. The highest BCUT2D eigenvalue weighted by atomic mass is 19.1. The van der Waals surface area contributed by atoms with E-state index in [2.05, 4.69) is 0 Å². The van der Waals surface area contributed by atoms with E-state index < -0.39 is 17.5 Å². The van der Waals surface area contributed by atoms with Crippen molar-refractivity contribution in [2.24, 2.45) is 0 Å². The Bertz CT molecular complexity index is 589. The third-order valence-corrected chi connectivity index (χ3v) is 2.68. The molecule has 2 aromatic carbocycles. The topological polar surface area (TPSA) is 18.5 Å². The molecule has 0 N–H and O–H groups in total. The van der Waals surface area contributed by atoms with Gasteiger partial charge in [-0.3, -0.25) is 0 Å². The maximum Gasteiger partial charge on any atom is 0.137 e. The highest BCUT2D eigenvalue weighted by molar-refractivity contribution is 5.72. The van der Waals surface area contributed by atoms with E-state index in [9.17, 15) is 13.2 Å². The predicted molar refractivity (Wildman–Crippen MR) is 64.9 cm³/mol. The van der Waals surface area contributed by atoms with Crippen molar-refractivity contribution in [2.45, 2.75) is 0 Å². The molecule has 19 heavy (non-hydrogen) atoms. The van der Waals surface area contributed by atoms with Crippen LogP contribution in [0.2, 0.25) is 0 Å². The summed E-state index contributed by atoms with van der Waals surface area (Å²) in [5, 5.41) is 0. The first kappa shape index (κ1) is 13.3. The number of hydrogen-bond acceptors (Lipinski definition) is 2. The molecular formula is C14H11F3O2. The summed E-state index contributed by atoms with van der Waals surface area (Å²) in [6.45, 7) is 0. The largest absolute Gasteiger partial charge is 0.497 e. The van der Waals surface area contributed by atoms with Crippen LogP contribution in [0.25, 0.3) is 11.1 Å².